The SMILES string of the molecule is COc1ccc(CNC2[C@H](O[C@@H]3C(COC(C)=O)O[C@@H](O[C@H](C(COC(C)=O)OC(C)=O)[C@H](OC(C)=O)C(COC(C)=O)NC(=O)OC(C)(C)C)C(NCc4ccc(OC)cc4)[C@H]3OC(C)=O)OC(COC(C)=O)[C@@H](OC(C)=O)[C@@H]2OC(C)=O)cc1. The minimum atomic E-state index is -1.98. The standard InChI is InChI=1S/C57H79N3O26/c1-29(61)73-25-42(60-56(70)86-57(10,11)12)48(78-34(6)66)49(43(77-33(5)65)26-74-30(2)62)84-54-47(59-24-39-17-21-41(72-14)22-18-39)53(81-37(9)69)51(45(83-54)28-76-32(4)64)85-55-46(58-23-38-15-19-40(71-13)20-16-38)52(80-36(8)68)50(79-35(7)67)44(82-55)27-75-31(3)63/h15-22,42-55,58-59H,23-28H2,1-14H3,(H,60,70)/t42?,43?,44?,45?,46?,47?,48-,49-,50-,51-,52-,53-,54+,55+/m1/s1. The Morgan fingerprint density at radius 2 is 0.907 bits per heavy atom. The number of alkyl carbamates (subject to hydrolysis) is 1. The van der Waals surface area contributed by atoms with Gasteiger partial charge in [0.25, 0.3) is 0 Å². The third kappa shape index (κ3) is 23.6. The highest BCUT2D eigenvalue weighted by Gasteiger charge is 2.57. The third-order valence-corrected chi connectivity index (χ3v) is 12.4. The number of methoxy groups -OCH3 is 2. The van der Waals surface area contributed by atoms with Crippen LogP contribution in [0.2, 0.25) is 0 Å². The Bertz CT molecular complexity index is 2610. The van der Waals surface area contributed by atoms with E-state index in [4.69, 9.17) is 75.8 Å². The lowest BCUT2D eigenvalue weighted by Gasteiger charge is -2.50. The summed E-state index contributed by atoms with van der Waals surface area (Å²) >= 11 is 0. The number of amides is 1. The molecule has 86 heavy (non-hydrogen) atoms. The van der Waals surface area contributed by atoms with Crippen molar-refractivity contribution in [2.75, 3.05) is 40.6 Å². The van der Waals surface area contributed by atoms with Gasteiger partial charge in [-0.1, -0.05) is 24.3 Å². The molecule has 2 heterocycles. The van der Waals surface area contributed by atoms with Crippen molar-refractivity contribution in [2.24, 2.45) is 0 Å². The maximum Gasteiger partial charge on any atom is 0.408 e. The van der Waals surface area contributed by atoms with Crippen molar-refractivity contribution < 1.29 is 124 Å². The number of esters is 9. The second kappa shape index (κ2) is 33.9. The zero-order valence-electron chi connectivity index (χ0n) is 50.6. The van der Waals surface area contributed by atoms with Gasteiger partial charge in [-0.2, -0.15) is 0 Å². The molecule has 2 aromatic carbocycles. The van der Waals surface area contributed by atoms with Gasteiger partial charge in [0, 0.05) is 75.4 Å². The molecule has 29 heteroatoms. The number of hydrogen-bond donors (Lipinski definition) is 3. The smallest absolute Gasteiger partial charge is 0.408 e. The van der Waals surface area contributed by atoms with Crippen LogP contribution in [0.1, 0.15) is 94.2 Å². The molecule has 2 saturated heterocycles. The van der Waals surface area contributed by atoms with E-state index in [2.05, 4.69) is 16.0 Å². The first kappa shape index (κ1) is 70.8. The Morgan fingerprint density at radius 3 is 1.34 bits per heavy atom. The lowest BCUT2D eigenvalue weighted by molar-refractivity contribution is -0.344. The number of rotatable bonds is 29. The quantitative estimate of drug-likeness (QED) is 0.0777. The van der Waals surface area contributed by atoms with Crippen LogP contribution >= 0.6 is 0 Å². The molecule has 2 aromatic rings. The summed E-state index contributed by atoms with van der Waals surface area (Å²) in [6.07, 6.45) is -20.0. The van der Waals surface area contributed by atoms with E-state index in [0.717, 1.165) is 62.3 Å². The molecule has 4 rings (SSSR count). The van der Waals surface area contributed by atoms with Gasteiger partial charge in [0.15, 0.2) is 43.1 Å². The first-order valence-corrected chi connectivity index (χ1v) is 27.2. The average molecular weight is 1220 g/mol. The Hall–Kier alpha value is -7.70. The number of carbonyl (C=O) groups excluding carboxylic acids is 10. The van der Waals surface area contributed by atoms with Gasteiger partial charge in [-0.15, -0.1) is 0 Å². The number of nitrogens with one attached hydrogen (secondary N) is 3. The van der Waals surface area contributed by atoms with E-state index in [-0.39, 0.29) is 13.1 Å². The van der Waals surface area contributed by atoms with Crippen LogP contribution < -0.4 is 25.4 Å². The normalized spacial score (nSPS) is 23.2. The van der Waals surface area contributed by atoms with Crippen molar-refractivity contribution in [3.63, 3.8) is 0 Å². The zero-order valence-corrected chi connectivity index (χ0v) is 50.6. The summed E-state index contributed by atoms with van der Waals surface area (Å²) in [5, 5.41) is 9.08. The van der Waals surface area contributed by atoms with Gasteiger partial charge in [0.2, 0.25) is 0 Å². The molecule has 6 unspecified atom stereocenters. The van der Waals surface area contributed by atoms with E-state index in [1.807, 2.05) is 0 Å². The summed E-state index contributed by atoms with van der Waals surface area (Å²) in [5.74, 6) is -7.05. The van der Waals surface area contributed by atoms with Crippen LogP contribution in [0, 0.1) is 0 Å². The van der Waals surface area contributed by atoms with Crippen LogP contribution in [-0.4, -0.2) is 192 Å². The van der Waals surface area contributed by atoms with E-state index >= 15 is 0 Å². The van der Waals surface area contributed by atoms with Crippen LogP contribution in [0.15, 0.2) is 48.5 Å². The number of carbonyl (C=O) groups is 10. The molecule has 2 aliphatic heterocycles. The second-order valence-electron chi connectivity index (χ2n) is 20.7. The fourth-order valence-electron chi connectivity index (χ4n) is 9.01. The number of hydrogen-bond acceptors (Lipinski definition) is 28. The van der Waals surface area contributed by atoms with Crippen molar-refractivity contribution in [3.05, 3.63) is 59.7 Å². The van der Waals surface area contributed by atoms with Crippen molar-refractivity contribution in [1.82, 2.24) is 16.0 Å². The molecule has 3 N–H and O–H groups in total. The van der Waals surface area contributed by atoms with Crippen molar-refractivity contribution in [1.29, 1.82) is 0 Å². The molecule has 1 amide bonds. The molecular weight excluding hydrogens is 1140 g/mol. The van der Waals surface area contributed by atoms with E-state index in [1.165, 1.54) is 14.2 Å². The lowest BCUT2D eigenvalue weighted by Crippen LogP contribution is -2.70. The van der Waals surface area contributed by atoms with Crippen LogP contribution in [-0.2, 0) is 123 Å². The van der Waals surface area contributed by atoms with E-state index < -0.39 is 177 Å². The largest absolute Gasteiger partial charge is 0.497 e. The highest BCUT2D eigenvalue weighted by molar-refractivity contribution is 5.71. The summed E-state index contributed by atoms with van der Waals surface area (Å²) in [5.41, 5.74) is 0.0935. The Balaban J connectivity index is 2.09. The predicted octanol–water partition coefficient (Wildman–Crippen LogP) is 2.34. The maximum atomic E-state index is 13.7. The molecule has 14 atom stereocenters. The minimum absolute atomic E-state index is 0.0204. The maximum absolute atomic E-state index is 13.7. The molecule has 0 radical (unpaired) electrons. The fourth-order valence-corrected chi connectivity index (χ4v) is 9.01. The Kier molecular flexibility index (Phi) is 27.9. The van der Waals surface area contributed by atoms with Gasteiger partial charge >= 0.3 is 59.8 Å². The molecule has 0 spiro atoms. The minimum Gasteiger partial charge on any atom is -0.497 e. The summed E-state index contributed by atoms with van der Waals surface area (Å²) in [7, 11) is 2.95. The Labute approximate surface area is 497 Å². The topological polar surface area (TPSA) is 354 Å². The molecular formula is C57H79N3O26. The highest BCUT2D eigenvalue weighted by atomic mass is 16.8. The van der Waals surface area contributed by atoms with Gasteiger partial charge in [-0.3, -0.25) is 43.2 Å². The van der Waals surface area contributed by atoms with E-state index in [9.17, 15) is 47.9 Å². The second-order valence-corrected chi connectivity index (χ2v) is 20.7. The Morgan fingerprint density at radius 1 is 0.488 bits per heavy atom. The molecule has 29 nitrogen and oxygen atoms in total. The van der Waals surface area contributed by atoms with Crippen LogP contribution in [0.5, 0.6) is 11.5 Å². The van der Waals surface area contributed by atoms with Gasteiger partial charge < -0.3 is 91.7 Å². The molecule has 0 aromatic heterocycles. The zero-order chi connectivity index (χ0) is 64.0. The van der Waals surface area contributed by atoms with Crippen molar-refractivity contribution in [3.8, 4) is 11.5 Å². The summed E-state index contributed by atoms with van der Waals surface area (Å²) in [6.45, 7) is 11.1. The molecule has 0 bridgehead atoms. The monoisotopic (exact) mass is 1220 g/mol. The predicted molar refractivity (Wildman–Crippen MR) is 292 cm³/mol. The summed E-state index contributed by atoms with van der Waals surface area (Å²) < 4.78 is 94.6. The summed E-state index contributed by atoms with van der Waals surface area (Å²) in [4.78, 5) is 130. The summed E-state index contributed by atoms with van der Waals surface area (Å²) in [6, 6.07) is 8.93. The van der Waals surface area contributed by atoms with Gasteiger partial charge in [0.1, 0.15) is 80.0 Å². The molecule has 2 fully saturated rings. The first-order valence-electron chi connectivity index (χ1n) is 27.2. The van der Waals surface area contributed by atoms with E-state index in [1.54, 1.807) is 69.3 Å². The fraction of sp³-hybridized carbons (Fsp3) is 0.614. The van der Waals surface area contributed by atoms with Gasteiger partial charge in [-0.05, 0) is 56.2 Å². The molecule has 2 aliphatic rings. The van der Waals surface area contributed by atoms with Gasteiger partial charge in [-0.25, -0.2) is 4.79 Å². The molecule has 0 saturated carbocycles. The average Bonchev–Trinajstić information content (AvgIpc) is 0.955. The van der Waals surface area contributed by atoms with E-state index in [0.29, 0.717) is 22.6 Å². The number of benzene rings is 2. The van der Waals surface area contributed by atoms with Gasteiger partial charge in [0.05, 0.1) is 20.3 Å². The molecule has 478 valence electrons. The third-order valence-electron chi connectivity index (χ3n) is 12.4. The highest BCUT2D eigenvalue weighted by Crippen LogP contribution is 2.36. The van der Waals surface area contributed by atoms with Crippen LogP contribution in [0.25, 0.3) is 0 Å². The first-order chi connectivity index (χ1) is 40.5. The van der Waals surface area contributed by atoms with Crippen molar-refractivity contribution in [2.45, 2.75) is 187 Å². The van der Waals surface area contributed by atoms with Crippen LogP contribution in [0.3, 0.4) is 0 Å². The lowest BCUT2D eigenvalue weighted by atomic mass is 9.93. The van der Waals surface area contributed by atoms with Crippen LogP contribution in [0.4, 0.5) is 4.79 Å². The van der Waals surface area contributed by atoms with Crippen molar-refractivity contribution >= 4 is 59.8 Å². The molecule has 0 aliphatic carbocycles. The number of ether oxygens (including phenoxy) is 16.